The van der Waals surface area contributed by atoms with E-state index in [0.29, 0.717) is 13.0 Å². The number of carbonyl (C=O) groups is 1. The van der Waals surface area contributed by atoms with Crippen molar-refractivity contribution >= 4 is 5.97 Å². The first-order chi connectivity index (χ1) is 8.69. The van der Waals surface area contributed by atoms with Crippen LogP contribution in [0.4, 0.5) is 0 Å². The molecule has 0 fully saturated rings. The van der Waals surface area contributed by atoms with Crippen LogP contribution < -0.4 is 10.1 Å². The van der Waals surface area contributed by atoms with E-state index in [-0.39, 0.29) is 12.1 Å². The van der Waals surface area contributed by atoms with Crippen molar-refractivity contribution in [3.63, 3.8) is 0 Å². The summed E-state index contributed by atoms with van der Waals surface area (Å²) >= 11 is 0. The minimum Gasteiger partial charge on any atom is -0.488 e. The van der Waals surface area contributed by atoms with E-state index in [1.165, 1.54) is 18.2 Å². The number of esters is 1. The van der Waals surface area contributed by atoms with E-state index in [4.69, 9.17) is 4.74 Å². The van der Waals surface area contributed by atoms with Crippen LogP contribution in [0.5, 0.6) is 5.75 Å². The summed E-state index contributed by atoms with van der Waals surface area (Å²) in [5.41, 5.74) is 2.53. The number of benzene rings is 1. The van der Waals surface area contributed by atoms with Crippen LogP contribution >= 0.6 is 0 Å². The van der Waals surface area contributed by atoms with Crippen molar-refractivity contribution in [2.45, 2.75) is 25.9 Å². The average Bonchev–Trinajstić information content (AvgIpc) is 2.76. The van der Waals surface area contributed by atoms with Crippen LogP contribution in [0.15, 0.2) is 18.2 Å². The molecule has 0 bridgehead atoms. The van der Waals surface area contributed by atoms with Crippen molar-refractivity contribution in [3.05, 3.63) is 29.3 Å². The smallest absolute Gasteiger partial charge is 0.306 e. The van der Waals surface area contributed by atoms with Gasteiger partial charge in [-0.25, -0.2) is 0 Å². The molecule has 1 unspecified atom stereocenters. The van der Waals surface area contributed by atoms with Crippen LogP contribution in [0, 0.1) is 6.92 Å². The highest BCUT2D eigenvalue weighted by molar-refractivity contribution is 5.69. The van der Waals surface area contributed by atoms with Crippen LogP contribution in [-0.4, -0.2) is 32.3 Å². The minimum atomic E-state index is -0.186. The third-order valence-corrected chi connectivity index (χ3v) is 3.06. The highest BCUT2D eigenvalue weighted by Crippen LogP contribution is 2.29. The zero-order valence-corrected chi connectivity index (χ0v) is 10.9. The molecule has 1 aliphatic rings. The Morgan fingerprint density at radius 2 is 2.39 bits per heavy atom. The molecule has 1 aliphatic heterocycles. The van der Waals surface area contributed by atoms with Crippen LogP contribution in [0.25, 0.3) is 0 Å². The molecule has 0 aromatic heterocycles. The zero-order chi connectivity index (χ0) is 13.0. The van der Waals surface area contributed by atoms with Gasteiger partial charge in [-0.1, -0.05) is 17.7 Å². The minimum absolute atomic E-state index is 0.166. The molecule has 0 amide bonds. The fourth-order valence-electron chi connectivity index (χ4n) is 2.12. The van der Waals surface area contributed by atoms with Crippen LogP contribution in [-0.2, 0) is 16.0 Å². The predicted molar refractivity (Wildman–Crippen MR) is 68.8 cm³/mol. The lowest BCUT2D eigenvalue weighted by molar-refractivity contribution is -0.140. The third-order valence-electron chi connectivity index (χ3n) is 3.06. The highest BCUT2D eigenvalue weighted by atomic mass is 16.5. The molecule has 2 rings (SSSR count). The second-order valence-electron chi connectivity index (χ2n) is 4.59. The Kier molecular flexibility index (Phi) is 4.20. The number of ether oxygens (including phenoxy) is 2. The Labute approximate surface area is 107 Å². The van der Waals surface area contributed by atoms with Crippen molar-refractivity contribution in [1.29, 1.82) is 0 Å². The van der Waals surface area contributed by atoms with Crippen LogP contribution in [0.2, 0.25) is 0 Å². The fraction of sp³-hybridized carbons (Fsp3) is 0.500. The van der Waals surface area contributed by atoms with Crippen LogP contribution in [0.3, 0.4) is 0 Å². The van der Waals surface area contributed by atoms with E-state index in [2.05, 4.69) is 29.1 Å². The van der Waals surface area contributed by atoms with Gasteiger partial charge in [0.2, 0.25) is 0 Å². The number of fused-ring (bicyclic) bond motifs is 1. The largest absolute Gasteiger partial charge is 0.488 e. The molecule has 0 radical (unpaired) electrons. The Balaban J connectivity index is 1.73. The Morgan fingerprint density at radius 1 is 1.56 bits per heavy atom. The molecule has 0 saturated carbocycles. The molecule has 0 saturated heterocycles. The number of rotatable bonds is 5. The molecule has 18 heavy (non-hydrogen) atoms. The van der Waals surface area contributed by atoms with Crippen molar-refractivity contribution in [3.8, 4) is 5.75 Å². The van der Waals surface area contributed by atoms with E-state index in [1.807, 2.05) is 6.07 Å². The number of hydrogen-bond acceptors (Lipinski definition) is 4. The first-order valence-electron chi connectivity index (χ1n) is 6.23. The molecule has 1 aromatic carbocycles. The normalized spacial score (nSPS) is 17.1. The Morgan fingerprint density at radius 3 is 3.17 bits per heavy atom. The molecule has 1 N–H and O–H groups in total. The summed E-state index contributed by atoms with van der Waals surface area (Å²) in [7, 11) is 1.40. The molecule has 4 heteroatoms. The highest BCUT2D eigenvalue weighted by Gasteiger charge is 2.22. The van der Waals surface area contributed by atoms with Crippen LogP contribution in [0.1, 0.15) is 17.5 Å². The topological polar surface area (TPSA) is 47.6 Å². The molecular weight excluding hydrogens is 230 g/mol. The zero-order valence-electron chi connectivity index (χ0n) is 10.9. The standard InChI is InChI=1S/C14H19NO3/c1-10-3-4-13-11(7-10)8-12(18-13)9-15-6-5-14(16)17-2/h3-4,7,12,15H,5-6,8-9H2,1-2H3. The second kappa shape index (κ2) is 5.87. The number of nitrogens with one attached hydrogen (secondary N) is 1. The molecular formula is C14H19NO3. The number of aryl methyl sites for hydroxylation is 1. The van der Waals surface area contributed by atoms with E-state index in [9.17, 15) is 4.79 Å². The number of hydrogen-bond donors (Lipinski definition) is 1. The lowest BCUT2D eigenvalue weighted by Crippen LogP contribution is -2.31. The van der Waals surface area contributed by atoms with E-state index in [0.717, 1.165) is 18.7 Å². The molecule has 0 spiro atoms. The van der Waals surface area contributed by atoms with Gasteiger partial charge in [-0.3, -0.25) is 4.79 Å². The van der Waals surface area contributed by atoms with Gasteiger partial charge >= 0.3 is 5.97 Å². The maximum Gasteiger partial charge on any atom is 0.306 e. The maximum atomic E-state index is 10.9. The monoisotopic (exact) mass is 249 g/mol. The van der Waals surface area contributed by atoms with Gasteiger partial charge in [0.25, 0.3) is 0 Å². The molecule has 98 valence electrons. The SMILES string of the molecule is COC(=O)CCNCC1Cc2cc(C)ccc2O1. The van der Waals surface area contributed by atoms with Gasteiger partial charge in [-0.15, -0.1) is 0 Å². The maximum absolute atomic E-state index is 10.9. The molecule has 1 heterocycles. The van der Waals surface area contributed by atoms with Gasteiger partial charge in [0.1, 0.15) is 11.9 Å². The number of carbonyl (C=O) groups excluding carboxylic acids is 1. The van der Waals surface area contributed by atoms with Crippen molar-refractivity contribution in [2.75, 3.05) is 20.2 Å². The summed E-state index contributed by atoms with van der Waals surface area (Å²) < 4.78 is 10.4. The van der Waals surface area contributed by atoms with Crippen molar-refractivity contribution in [1.82, 2.24) is 5.32 Å². The molecule has 0 aliphatic carbocycles. The molecule has 1 aromatic rings. The summed E-state index contributed by atoms with van der Waals surface area (Å²) in [6, 6.07) is 6.26. The molecule has 1 atom stereocenters. The predicted octanol–water partition coefficient (Wildman–Crippen LogP) is 1.45. The van der Waals surface area contributed by atoms with Gasteiger partial charge < -0.3 is 14.8 Å². The van der Waals surface area contributed by atoms with Gasteiger partial charge in [-0.05, 0) is 18.6 Å². The lowest BCUT2D eigenvalue weighted by Gasteiger charge is -2.11. The fourth-order valence-corrected chi connectivity index (χ4v) is 2.12. The van der Waals surface area contributed by atoms with Gasteiger partial charge in [0, 0.05) is 19.5 Å². The van der Waals surface area contributed by atoms with Crippen molar-refractivity contribution in [2.24, 2.45) is 0 Å². The van der Waals surface area contributed by atoms with Gasteiger partial charge in [0.15, 0.2) is 0 Å². The number of methoxy groups -OCH3 is 1. The summed E-state index contributed by atoms with van der Waals surface area (Å²) in [5.74, 6) is 0.800. The second-order valence-corrected chi connectivity index (χ2v) is 4.59. The average molecular weight is 249 g/mol. The first-order valence-corrected chi connectivity index (χ1v) is 6.23. The Hall–Kier alpha value is -1.55. The van der Waals surface area contributed by atoms with Gasteiger partial charge in [0.05, 0.1) is 13.5 Å². The summed E-state index contributed by atoms with van der Waals surface area (Å²) in [5, 5.41) is 3.22. The summed E-state index contributed by atoms with van der Waals surface area (Å²) in [4.78, 5) is 10.9. The summed E-state index contributed by atoms with van der Waals surface area (Å²) in [6.45, 7) is 3.47. The summed E-state index contributed by atoms with van der Waals surface area (Å²) in [6.07, 6.45) is 1.50. The first kappa shape index (κ1) is 12.9. The molecule has 4 nitrogen and oxygen atoms in total. The van der Waals surface area contributed by atoms with Crippen molar-refractivity contribution < 1.29 is 14.3 Å². The van der Waals surface area contributed by atoms with E-state index in [1.54, 1.807) is 0 Å². The lowest BCUT2D eigenvalue weighted by atomic mass is 10.1. The van der Waals surface area contributed by atoms with E-state index < -0.39 is 0 Å². The third kappa shape index (κ3) is 3.23. The quantitative estimate of drug-likeness (QED) is 0.634. The van der Waals surface area contributed by atoms with E-state index >= 15 is 0 Å². The van der Waals surface area contributed by atoms with Gasteiger partial charge in [-0.2, -0.15) is 0 Å². The Bertz CT molecular complexity index is 431.